The second kappa shape index (κ2) is 9.23. The molecule has 0 saturated heterocycles. The number of allylic oxidation sites excluding steroid dienone is 1. The maximum Gasteiger partial charge on any atom is 0.335 e. The van der Waals surface area contributed by atoms with Crippen LogP contribution in [0.25, 0.3) is 10.9 Å². The largest absolute Gasteiger partial charge is 0.478 e. The Kier molecular flexibility index (Phi) is 6.82. The van der Waals surface area contributed by atoms with Crippen LogP contribution in [-0.4, -0.2) is 49.0 Å². The molecule has 9 heteroatoms. The predicted octanol–water partition coefficient (Wildman–Crippen LogP) is 3.30. The molecule has 0 bridgehead atoms. The number of benzene rings is 2. The molecule has 0 aliphatic heterocycles. The first kappa shape index (κ1) is 23.6. The molecule has 0 atom stereocenters. The third-order valence-electron chi connectivity index (χ3n) is 5.43. The number of rotatable bonds is 8. The van der Waals surface area contributed by atoms with E-state index in [1.165, 1.54) is 26.2 Å². The standard InChI is InChI=1S/C23H26FN3O4S/c1-15-20(12-16-4-7-19(8-5-16)32(30,31)26(2)3)21-13-17(23(28)29)6-9-22(21)27(15)14-18(24)10-11-25/h4-10,13H,11-12,14,25H2,1-3H3,(H,28,29)/b18-10-. The molecule has 1 heterocycles. The quantitative estimate of drug-likeness (QED) is 0.538. The van der Waals surface area contributed by atoms with Gasteiger partial charge in [-0.2, -0.15) is 0 Å². The molecule has 7 nitrogen and oxygen atoms in total. The van der Waals surface area contributed by atoms with Crippen molar-refractivity contribution in [1.29, 1.82) is 0 Å². The van der Waals surface area contributed by atoms with Gasteiger partial charge < -0.3 is 15.4 Å². The minimum Gasteiger partial charge on any atom is -0.478 e. The summed E-state index contributed by atoms with van der Waals surface area (Å²) in [6, 6.07) is 11.3. The van der Waals surface area contributed by atoms with Crippen LogP contribution in [-0.2, 0) is 23.0 Å². The van der Waals surface area contributed by atoms with Gasteiger partial charge in [-0.25, -0.2) is 21.9 Å². The third-order valence-corrected chi connectivity index (χ3v) is 7.26. The summed E-state index contributed by atoms with van der Waals surface area (Å²) in [6.07, 6.45) is 1.74. The lowest BCUT2D eigenvalue weighted by atomic mass is 10.0. The minimum absolute atomic E-state index is 0.00797. The first-order chi connectivity index (χ1) is 15.1. The van der Waals surface area contributed by atoms with Gasteiger partial charge in [0.05, 0.1) is 17.0 Å². The number of nitrogens with zero attached hydrogens (tertiary/aromatic N) is 2. The van der Waals surface area contributed by atoms with E-state index in [9.17, 15) is 22.7 Å². The zero-order valence-corrected chi connectivity index (χ0v) is 19.0. The first-order valence-electron chi connectivity index (χ1n) is 9.97. The van der Waals surface area contributed by atoms with E-state index in [1.54, 1.807) is 41.0 Å². The summed E-state index contributed by atoms with van der Waals surface area (Å²) in [5, 5.41) is 10.1. The maximum absolute atomic E-state index is 14.3. The average molecular weight is 460 g/mol. The second-order valence-corrected chi connectivity index (χ2v) is 9.83. The highest BCUT2D eigenvalue weighted by Gasteiger charge is 2.19. The molecule has 3 N–H and O–H groups in total. The van der Waals surface area contributed by atoms with Gasteiger partial charge in [0, 0.05) is 37.2 Å². The van der Waals surface area contributed by atoms with Crippen molar-refractivity contribution in [3.63, 3.8) is 0 Å². The average Bonchev–Trinajstić information content (AvgIpc) is 2.99. The van der Waals surface area contributed by atoms with E-state index in [0.717, 1.165) is 26.6 Å². The fourth-order valence-corrected chi connectivity index (χ4v) is 4.55. The van der Waals surface area contributed by atoms with Crippen LogP contribution in [0.2, 0.25) is 0 Å². The Morgan fingerprint density at radius 3 is 2.41 bits per heavy atom. The molecule has 0 aliphatic carbocycles. The Morgan fingerprint density at radius 2 is 1.84 bits per heavy atom. The lowest BCUT2D eigenvalue weighted by Gasteiger charge is -2.12. The molecule has 0 spiro atoms. The van der Waals surface area contributed by atoms with Gasteiger partial charge in [0.1, 0.15) is 5.83 Å². The van der Waals surface area contributed by atoms with Crippen LogP contribution in [0.3, 0.4) is 0 Å². The number of aromatic carboxylic acids is 1. The van der Waals surface area contributed by atoms with Crippen LogP contribution in [0.5, 0.6) is 0 Å². The van der Waals surface area contributed by atoms with Crippen molar-refractivity contribution in [3.8, 4) is 0 Å². The van der Waals surface area contributed by atoms with E-state index in [0.29, 0.717) is 11.8 Å². The molecule has 1 aromatic heterocycles. The number of hydrogen-bond acceptors (Lipinski definition) is 4. The van der Waals surface area contributed by atoms with Crippen LogP contribution < -0.4 is 5.73 Å². The number of halogens is 1. The van der Waals surface area contributed by atoms with Crippen LogP contribution in [0.15, 0.2) is 59.3 Å². The van der Waals surface area contributed by atoms with Crippen LogP contribution in [0.1, 0.15) is 27.2 Å². The zero-order chi connectivity index (χ0) is 23.6. The molecule has 0 radical (unpaired) electrons. The van der Waals surface area contributed by atoms with Crippen LogP contribution >= 0.6 is 0 Å². The highest BCUT2D eigenvalue weighted by atomic mass is 32.2. The fourth-order valence-electron chi connectivity index (χ4n) is 3.65. The number of hydrogen-bond donors (Lipinski definition) is 2. The lowest BCUT2D eigenvalue weighted by Crippen LogP contribution is -2.22. The minimum atomic E-state index is -3.53. The lowest BCUT2D eigenvalue weighted by molar-refractivity contribution is 0.0697. The van der Waals surface area contributed by atoms with Crippen molar-refractivity contribution in [2.75, 3.05) is 20.6 Å². The zero-order valence-electron chi connectivity index (χ0n) is 18.2. The number of carbonyl (C=O) groups is 1. The molecule has 0 unspecified atom stereocenters. The SMILES string of the molecule is Cc1c(Cc2ccc(S(=O)(=O)N(C)C)cc2)c2cc(C(=O)O)ccc2n1C/C(F)=C/CN. The van der Waals surface area contributed by atoms with Crippen molar-refractivity contribution in [3.05, 3.63) is 76.8 Å². The molecule has 0 aliphatic rings. The molecular formula is C23H26FN3O4S. The van der Waals surface area contributed by atoms with Gasteiger partial charge in [-0.05, 0) is 60.9 Å². The van der Waals surface area contributed by atoms with Gasteiger partial charge >= 0.3 is 5.97 Å². The van der Waals surface area contributed by atoms with Gasteiger partial charge in [-0.1, -0.05) is 12.1 Å². The van der Waals surface area contributed by atoms with Gasteiger partial charge in [0.25, 0.3) is 0 Å². The van der Waals surface area contributed by atoms with Crippen molar-refractivity contribution in [1.82, 2.24) is 8.87 Å². The molecule has 0 amide bonds. The van der Waals surface area contributed by atoms with E-state index in [1.807, 2.05) is 6.92 Å². The van der Waals surface area contributed by atoms with Crippen molar-refractivity contribution >= 4 is 26.9 Å². The Balaban J connectivity index is 2.09. The fraction of sp³-hybridized carbons (Fsp3) is 0.261. The Morgan fingerprint density at radius 1 is 1.19 bits per heavy atom. The van der Waals surface area contributed by atoms with E-state index in [-0.39, 0.29) is 29.4 Å². The molecule has 2 aromatic carbocycles. The molecule has 32 heavy (non-hydrogen) atoms. The summed E-state index contributed by atoms with van der Waals surface area (Å²) in [5.41, 5.74) is 8.78. The summed E-state index contributed by atoms with van der Waals surface area (Å²) >= 11 is 0. The Bertz CT molecular complexity index is 1290. The van der Waals surface area contributed by atoms with Gasteiger partial charge in [0.15, 0.2) is 0 Å². The van der Waals surface area contributed by atoms with Crippen molar-refractivity contribution in [2.24, 2.45) is 5.73 Å². The summed E-state index contributed by atoms with van der Waals surface area (Å²) in [5.74, 6) is -1.42. The summed E-state index contributed by atoms with van der Waals surface area (Å²) < 4.78 is 41.8. The Labute approximate surface area is 186 Å². The number of aromatic nitrogens is 1. The molecule has 3 aromatic rings. The van der Waals surface area contributed by atoms with Crippen molar-refractivity contribution < 1.29 is 22.7 Å². The predicted molar refractivity (Wildman–Crippen MR) is 122 cm³/mol. The highest BCUT2D eigenvalue weighted by molar-refractivity contribution is 7.89. The number of fused-ring (bicyclic) bond motifs is 1. The van der Waals surface area contributed by atoms with E-state index in [2.05, 4.69) is 0 Å². The van der Waals surface area contributed by atoms with Gasteiger partial charge in [-0.15, -0.1) is 0 Å². The van der Waals surface area contributed by atoms with Gasteiger partial charge in [0.2, 0.25) is 10.0 Å². The van der Waals surface area contributed by atoms with Crippen LogP contribution in [0.4, 0.5) is 4.39 Å². The summed E-state index contributed by atoms with van der Waals surface area (Å²) in [4.78, 5) is 11.7. The Hall–Kier alpha value is -3.01. The number of nitrogens with two attached hydrogens (primary N) is 1. The summed E-state index contributed by atoms with van der Waals surface area (Å²) in [7, 11) is -0.590. The molecule has 3 rings (SSSR count). The monoisotopic (exact) mass is 459 g/mol. The number of carboxylic acid groups (broad SMARTS) is 1. The number of carboxylic acids is 1. The third kappa shape index (κ3) is 4.59. The van der Waals surface area contributed by atoms with E-state index in [4.69, 9.17) is 5.73 Å². The molecule has 0 fully saturated rings. The van der Waals surface area contributed by atoms with E-state index >= 15 is 0 Å². The van der Waals surface area contributed by atoms with Crippen LogP contribution in [0, 0.1) is 6.92 Å². The van der Waals surface area contributed by atoms with E-state index < -0.39 is 16.0 Å². The van der Waals surface area contributed by atoms with Gasteiger partial charge in [-0.3, -0.25) is 0 Å². The highest BCUT2D eigenvalue weighted by Crippen LogP contribution is 2.30. The maximum atomic E-state index is 14.3. The topological polar surface area (TPSA) is 106 Å². The second-order valence-electron chi connectivity index (χ2n) is 7.68. The first-order valence-corrected chi connectivity index (χ1v) is 11.4. The van der Waals surface area contributed by atoms with Crippen molar-refractivity contribution in [2.45, 2.75) is 24.8 Å². The summed E-state index contributed by atoms with van der Waals surface area (Å²) in [6.45, 7) is 1.94. The smallest absolute Gasteiger partial charge is 0.335 e. The molecular weight excluding hydrogens is 433 g/mol. The number of sulfonamides is 1. The molecule has 170 valence electrons. The normalized spacial score (nSPS) is 12.6. The molecule has 0 saturated carbocycles.